The molecule has 0 bridgehead atoms. The maximum absolute atomic E-state index is 10.5. The quantitative estimate of drug-likeness (QED) is 0.773. The van der Waals surface area contributed by atoms with E-state index in [2.05, 4.69) is 25.1 Å². The van der Waals surface area contributed by atoms with Crippen molar-refractivity contribution in [1.82, 2.24) is 0 Å². The highest BCUT2D eigenvalue weighted by atomic mass is 16.4. The third kappa shape index (κ3) is 2.24. The fourth-order valence-electron chi connectivity index (χ4n) is 2.06. The molecular weight excluding hydrogens is 202 g/mol. The van der Waals surface area contributed by atoms with Crippen molar-refractivity contribution >= 4 is 11.7 Å². The minimum absolute atomic E-state index is 0.889. The molecule has 16 heavy (non-hydrogen) atoms. The van der Waals surface area contributed by atoms with E-state index < -0.39 is 5.97 Å². The molecule has 3 nitrogen and oxygen atoms in total. The van der Waals surface area contributed by atoms with Crippen LogP contribution in [0.3, 0.4) is 0 Å². The van der Waals surface area contributed by atoms with E-state index in [9.17, 15) is 4.79 Å². The summed E-state index contributed by atoms with van der Waals surface area (Å²) in [6.45, 7) is 2.96. The minimum atomic E-state index is -0.903. The van der Waals surface area contributed by atoms with Crippen LogP contribution in [0.25, 0.3) is 0 Å². The van der Waals surface area contributed by atoms with Crippen molar-refractivity contribution < 1.29 is 9.90 Å². The fraction of sp³-hybridized carbons (Fsp3) is 0.308. The molecule has 1 aliphatic heterocycles. The van der Waals surface area contributed by atoms with Crippen LogP contribution in [-0.2, 0) is 11.2 Å². The molecule has 0 unspecified atom stereocenters. The predicted molar refractivity (Wildman–Crippen MR) is 63.6 cm³/mol. The van der Waals surface area contributed by atoms with Crippen LogP contribution < -0.4 is 4.90 Å². The van der Waals surface area contributed by atoms with E-state index >= 15 is 0 Å². The molecule has 2 rings (SSSR count). The summed E-state index contributed by atoms with van der Waals surface area (Å²) < 4.78 is 0. The van der Waals surface area contributed by atoms with Crippen molar-refractivity contribution in [3.8, 4) is 0 Å². The van der Waals surface area contributed by atoms with Crippen LogP contribution in [0.4, 0.5) is 5.69 Å². The van der Waals surface area contributed by atoms with Gasteiger partial charge in [-0.25, -0.2) is 4.79 Å². The molecule has 1 aromatic rings. The van der Waals surface area contributed by atoms with E-state index in [4.69, 9.17) is 5.11 Å². The summed E-state index contributed by atoms with van der Waals surface area (Å²) >= 11 is 0. The van der Waals surface area contributed by atoms with E-state index in [1.165, 1.54) is 17.2 Å². The SMILES string of the molecule is Cc1ccc2c(c1)CCCN2C=CC(=O)O. The van der Waals surface area contributed by atoms with Crippen LogP contribution >= 0.6 is 0 Å². The number of hydrogen-bond acceptors (Lipinski definition) is 2. The van der Waals surface area contributed by atoms with Gasteiger partial charge in [-0.05, 0) is 31.4 Å². The summed E-state index contributed by atoms with van der Waals surface area (Å²) in [4.78, 5) is 12.5. The Morgan fingerprint density at radius 1 is 1.50 bits per heavy atom. The molecule has 0 atom stereocenters. The van der Waals surface area contributed by atoms with E-state index in [-0.39, 0.29) is 0 Å². The van der Waals surface area contributed by atoms with Crippen molar-refractivity contribution in [1.29, 1.82) is 0 Å². The van der Waals surface area contributed by atoms with Gasteiger partial charge in [0.15, 0.2) is 0 Å². The Kier molecular flexibility index (Phi) is 2.95. The number of carboxylic acid groups (broad SMARTS) is 1. The Morgan fingerprint density at radius 2 is 2.31 bits per heavy atom. The molecule has 0 saturated carbocycles. The third-order valence-electron chi connectivity index (χ3n) is 2.79. The second-order valence-corrected chi connectivity index (χ2v) is 4.08. The number of carbonyl (C=O) groups is 1. The molecule has 0 spiro atoms. The summed E-state index contributed by atoms with van der Waals surface area (Å²) in [5.74, 6) is -0.903. The Morgan fingerprint density at radius 3 is 3.06 bits per heavy atom. The van der Waals surface area contributed by atoms with Crippen LogP contribution in [0.2, 0.25) is 0 Å². The smallest absolute Gasteiger partial charge is 0.329 e. The molecule has 0 amide bonds. The van der Waals surface area contributed by atoms with Crippen LogP contribution in [0.5, 0.6) is 0 Å². The van der Waals surface area contributed by atoms with Crippen LogP contribution in [0, 0.1) is 6.92 Å². The van der Waals surface area contributed by atoms with Crippen molar-refractivity contribution in [2.75, 3.05) is 11.4 Å². The first kappa shape index (κ1) is 10.7. The number of anilines is 1. The summed E-state index contributed by atoms with van der Waals surface area (Å²) in [6.07, 6.45) is 4.99. The number of aliphatic carboxylic acids is 1. The Balaban J connectivity index is 2.29. The van der Waals surface area contributed by atoms with E-state index in [0.717, 1.165) is 25.1 Å². The van der Waals surface area contributed by atoms with Crippen LogP contribution in [0.1, 0.15) is 17.5 Å². The van der Waals surface area contributed by atoms with Gasteiger partial charge in [0.1, 0.15) is 0 Å². The Labute approximate surface area is 95.0 Å². The normalized spacial score (nSPS) is 15.2. The molecular formula is C13H15NO2. The number of nitrogens with zero attached hydrogens (tertiary/aromatic N) is 1. The van der Waals surface area contributed by atoms with Gasteiger partial charge in [0, 0.05) is 24.5 Å². The van der Waals surface area contributed by atoms with Gasteiger partial charge < -0.3 is 10.0 Å². The molecule has 1 N–H and O–H groups in total. The lowest BCUT2D eigenvalue weighted by atomic mass is 10.00. The van der Waals surface area contributed by atoms with Crippen molar-refractivity contribution in [3.05, 3.63) is 41.6 Å². The Hall–Kier alpha value is -1.77. The average Bonchev–Trinajstić information content (AvgIpc) is 2.25. The molecule has 0 aromatic heterocycles. The molecule has 1 aliphatic rings. The zero-order valence-corrected chi connectivity index (χ0v) is 9.31. The second kappa shape index (κ2) is 4.39. The molecule has 84 valence electrons. The summed E-state index contributed by atoms with van der Waals surface area (Å²) in [7, 11) is 0. The van der Waals surface area contributed by atoms with Gasteiger partial charge >= 0.3 is 5.97 Å². The van der Waals surface area contributed by atoms with Gasteiger partial charge in [0.2, 0.25) is 0 Å². The highest BCUT2D eigenvalue weighted by Crippen LogP contribution is 2.27. The molecule has 0 saturated heterocycles. The fourth-order valence-corrected chi connectivity index (χ4v) is 2.06. The maximum Gasteiger partial charge on any atom is 0.329 e. The van der Waals surface area contributed by atoms with Crippen molar-refractivity contribution in [2.24, 2.45) is 0 Å². The lowest BCUT2D eigenvalue weighted by molar-refractivity contribution is -0.131. The van der Waals surface area contributed by atoms with Gasteiger partial charge in [-0.3, -0.25) is 0 Å². The first-order valence-electron chi connectivity index (χ1n) is 5.44. The summed E-state index contributed by atoms with van der Waals surface area (Å²) in [6, 6.07) is 6.30. The largest absolute Gasteiger partial charge is 0.478 e. The topological polar surface area (TPSA) is 40.5 Å². The zero-order valence-electron chi connectivity index (χ0n) is 9.31. The molecule has 1 heterocycles. The lowest BCUT2D eigenvalue weighted by Gasteiger charge is -2.28. The highest BCUT2D eigenvalue weighted by molar-refractivity contribution is 5.80. The van der Waals surface area contributed by atoms with Gasteiger partial charge in [-0.2, -0.15) is 0 Å². The van der Waals surface area contributed by atoms with Gasteiger partial charge in [0.25, 0.3) is 0 Å². The average molecular weight is 217 g/mol. The standard InChI is InChI=1S/C13H15NO2/c1-10-4-5-12-11(9-10)3-2-7-14(12)8-6-13(15)16/h4-6,8-9H,2-3,7H2,1H3,(H,15,16). The van der Waals surface area contributed by atoms with Crippen molar-refractivity contribution in [3.63, 3.8) is 0 Å². The van der Waals surface area contributed by atoms with Crippen LogP contribution in [-0.4, -0.2) is 17.6 Å². The van der Waals surface area contributed by atoms with Crippen molar-refractivity contribution in [2.45, 2.75) is 19.8 Å². The second-order valence-electron chi connectivity index (χ2n) is 4.08. The first-order chi connectivity index (χ1) is 7.66. The highest BCUT2D eigenvalue weighted by Gasteiger charge is 2.14. The molecule has 0 fully saturated rings. The minimum Gasteiger partial charge on any atom is -0.478 e. The Bertz CT molecular complexity index is 438. The van der Waals surface area contributed by atoms with Gasteiger partial charge in [0.05, 0.1) is 0 Å². The zero-order chi connectivity index (χ0) is 11.5. The van der Waals surface area contributed by atoms with Gasteiger partial charge in [-0.15, -0.1) is 0 Å². The first-order valence-corrected chi connectivity index (χ1v) is 5.44. The lowest BCUT2D eigenvalue weighted by Crippen LogP contribution is -2.24. The number of benzene rings is 1. The molecule has 1 aromatic carbocycles. The van der Waals surface area contributed by atoms with Gasteiger partial charge in [-0.1, -0.05) is 17.7 Å². The predicted octanol–water partition coefficient (Wildman–Crippen LogP) is 2.35. The third-order valence-corrected chi connectivity index (χ3v) is 2.79. The number of hydrogen-bond donors (Lipinski definition) is 1. The number of fused-ring (bicyclic) bond motifs is 1. The number of carboxylic acids is 1. The summed E-state index contributed by atoms with van der Waals surface area (Å²) in [5.41, 5.74) is 3.69. The van der Waals surface area contributed by atoms with E-state index in [0.29, 0.717) is 0 Å². The van der Waals surface area contributed by atoms with E-state index in [1.54, 1.807) is 6.20 Å². The summed E-state index contributed by atoms with van der Waals surface area (Å²) in [5, 5.41) is 8.62. The van der Waals surface area contributed by atoms with Crippen LogP contribution in [0.15, 0.2) is 30.5 Å². The molecule has 3 heteroatoms. The maximum atomic E-state index is 10.5. The number of aryl methyl sites for hydroxylation is 2. The van der Waals surface area contributed by atoms with E-state index in [1.807, 2.05) is 4.90 Å². The number of rotatable bonds is 2. The monoisotopic (exact) mass is 217 g/mol. The molecule has 0 aliphatic carbocycles. The molecule has 0 radical (unpaired) electrons.